The molecule has 0 amide bonds. The van der Waals surface area contributed by atoms with Gasteiger partial charge in [-0.3, -0.25) is 0 Å². The van der Waals surface area contributed by atoms with Crippen LogP contribution in [0.15, 0.2) is 61.1 Å². The van der Waals surface area contributed by atoms with Crippen molar-refractivity contribution in [3.63, 3.8) is 0 Å². The molecule has 1 atom stereocenters. The third-order valence-corrected chi connectivity index (χ3v) is 4.92. The highest BCUT2D eigenvalue weighted by atomic mass is 15.1. The molecule has 4 rings (SSSR count). The first-order valence-electron chi connectivity index (χ1n) is 8.53. The first kappa shape index (κ1) is 14.8. The Labute approximate surface area is 143 Å². The molecule has 0 spiro atoms. The molecule has 0 saturated carbocycles. The van der Waals surface area contributed by atoms with E-state index in [-0.39, 0.29) is 0 Å². The van der Waals surface area contributed by atoms with E-state index < -0.39 is 0 Å². The molecule has 1 aliphatic heterocycles. The molecule has 1 unspecified atom stereocenters. The van der Waals surface area contributed by atoms with Crippen LogP contribution in [0.4, 0.5) is 0 Å². The highest BCUT2D eigenvalue weighted by Gasteiger charge is 2.22. The fourth-order valence-corrected chi connectivity index (χ4v) is 3.69. The number of hydrogen-bond acceptors (Lipinski definition) is 1. The summed E-state index contributed by atoms with van der Waals surface area (Å²) in [5.41, 5.74) is 6.13. The Morgan fingerprint density at radius 3 is 2.71 bits per heavy atom. The largest absolute Gasteiger partial charge is 0.327 e. The number of aryl methyl sites for hydroxylation is 1. The minimum atomic E-state index is 0.355. The van der Waals surface area contributed by atoms with Crippen molar-refractivity contribution in [3.05, 3.63) is 77.9 Å². The molecule has 2 heteroatoms. The van der Waals surface area contributed by atoms with Gasteiger partial charge in [0.2, 0.25) is 0 Å². The van der Waals surface area contributed by atoms with Crippen molar-refractivity contribution in [2.45, 2.75) is 31.7 Å². The van der Waals surface area contributed by atoms with Crippen molar-refractivity contribution >= 4 is 0 Å². The Kier molecular flexibility index (Phi) is 3.92. The van der Waals surface area contributed by atoms with Crippen LogP contribution in [-0.2, 0) is 6.42 Å². The smallest absolute Gasteiger partial charge is 0.0953 e. The van der Waals surface area contributed by atoms with Crippen molar-refractivity contribution in [1.82, 2.24) is 9.55 Å². The number of rotatable bonds is 2. The molecule has 3 aromatic rings. The number of imidazole rings is 1. The normalized spacial score (nSPS) is 16.9. The predicted molar refractivity (Wildman–Crippen MR) is 97.7 cm³/mol. The van der Waals surface area contributed by atoms with Crippen LogP contribution < -0.4 is 0 Å². The van der Waals surface area contributed by atoms with Crippen molar-refractivity contribution in [3.8, 4) is 23.5 Å². The van der Waals surface area contributed by atoms with E-state index in [1.54, 1.807) is 0 Å². The van der Waals surface area contributed by atoms with Gasteiger partial charge in [-0.1, -0.05) is 48.7 Å². The van der Waals surface area contributed by atoms with Gasteiger partial charge in [0.15, 0.2) is 0 Å². The van der Waals surface area contributed by atoms with E-state index in [0.717, 1.165) is 18.4 Å². The molecule has 1 aliphatic rings. The number of aromatic nitrogens is 2. The topological polar surface area (TPSA) is 17.8 Å². The van der Waals surface area contributed by atoms with Crippen LogP contribution in [0.25, 0.3) is 11.1 Å². The van der Waals surface area contributed by atoms with E-state index in [1.165, 1.54) is 35.2 Å². The maximum atomic E-state index is 5.48. The molecule has 118 valence electrons. The average molecular weight is 312 g/mol. The van der Waals surface area contributed by atoms with Crippen LogP contribution in [0.5, 0.6) is 0 Å². The number of nitrogens with zero attached hydrogens (tertiary/aromatic N) is 2. The van der Waals surface area contributed by atoms with Crippen molar-refractivity contribution in [2.75, 3.05) is 0 Å². The standard InChI is InChI=1S/C22H20N2/c1-2-17-11-13-18(14-12-17)20-8-4-5-9-21(20)22-10-6-3-7-19-15-23-16-24(19)22/h1,4-5,8-9,11-16,22H,3,6-7,10H2. The molecule has 0 aliphatic carbocycles. The minimum absolute atomic E-state index is 0.355. The van der Waals surface area contributed by atoms with E-state index in [9.17, 15) is 0 Å². The molecular weight excluding hydrogens is 292 g/mol. The Balaban J connectivity index is 1.81. The average Bonchev–Trinajstić information content (AvgIpc) is 3.01. The summed E-state index contributed by atoms with van der Waals surface area (Å²) in [6.07, 6.45) is 14.3. The van der Waals surface area contributed by atoms with Crippen molar-refractivity contribution in [2.24, 2.45) is 0 Å². The molecule has 0 N–H and O–H groups in total. The summed E-state index contributed by atoms with van der Waals surface area (Å²) in [4.78, 5) is 4.39. The van der Waals surface area contributed by atoms with Gasteiger partial charge in [0, 0.05) is 17.5 Å². The van der Waals surface area contributed by atoms with E-state index in [2.05, 4.69) is 51.9 Å². The summed E-state index contributed by atoms with van der Waals surface area (Å²) in [5, 5.41) is 0. The fraction of sp³-hybridized carbons (Fsp3) is 0.227. The van der Waals surface area contributed by atoms with Gasteiger partial charge in [-0.2, -0.15) is 0 Å². The maximum absolute atomic E-state index is 5.48. The molecule has 2 heterocycles. The van der Waals surface area contributed by atoms with Gasteiger partial charge in [0.05, 0.1) is 12.4 Å². The van der Waals surface area contributed by atoms with Crippen molar-refractivity contribution < 1.29 is 0 Å². The van der Waals surface area contributed by atoms with Crippen LogP contribution in [-0.4, -0.2) is 9.55 Å². The lowest BCUT2D eigenvalue weighted by Gasteiger charge is -2.22. The second-order valence-corrected chi connectivity index (χ2v) is 6.36. The minimum Gasteiger partial charge on any atom is -0.327 e. The van der Waals surface area contributed by atoms with Gasteiger partial charge in [0.25, 0.3) is 0 Å². The summed E-state index contributed by atoms with van der Waals surface area (Å²) in [6.45, 7) is 0. The second-order valence-electron chi connectivity index (χ2n) is 6.36. The summed E-state index contributed by atoms with van der Waals surface area (Å²) in [6, 6.07) is 17.3. The number of hydrogen-bond donors (Lipinski definition) is 0. The first-order chi connectivity index (χ1) is 11.9. The molecule has 0 radical (unpaired) electrons. The maximum Gasteiger partial charge on any atom is 0.0953 e. The fourth-order valence-electron chi connectivity index (χ4n) is 3.69. The van der Waals surface area contributed by atoms with Gasteiger partial charge in [-0.25, -0.2) is 4.98 Å². The molecule has 1 aromatic heterocycles. The highest BCUT2D eigenvalue weighted by molar-refractivity contribution is 5.68. The number of terminal acetylenes is 1. The quantitative estimate of drug-likeness (QED) is 0.619. The van der Waals surface area contributed by atoms with Crippen LogP contribution in [0.1, 0.15) is 42.1 Å². The SMILES string of the molecule is C#Cc1ccc(-c2ccccc2C2CCCCc3cncn32)cc1. The molecule has 0 saturated heterocycles. The van der Waals surface area contributed by atoms with Crippen molar-refractivity contribution in [1.29, 1.82) is 0 Å². The van der Waals surface area contributed by atoms with Crippen LogP contribution in [0, 0.1) is 12.3 Å². The van der Waals surface area contributed by atoms with E-state index in [1.807, 2.05) is 24.7 Å². The molecule has 0 fully saturated rings. The highest BCUT2D eigenvalue weighted by Crippen LogP contribution is 2.35. The van der Waals surface area contributed by atoms with Crippen LogP contribution in [0.2, 0.25) is 0 Å². The molecule has 2 aromatic carbocycles. The molecular formula is C22H20N2. The predicted octanol–water partition coefficient (Wildman–Crippen LogP) is 4.85. The third-order valence-electron chi connectivity index (χ3n) is 4.92. The number of fused-ring (bicyclic) bond motifs is 1. The lowest BCUT2D eigenvalue weighted by molar-refractivity contribution is 0.537. The van der Waals surface area contributed by atoms with Crippen LogP contribution >= 0.6 is 0 Å². The lowest BCUT2D eigenvalue weighted by Crippen LogP contribution is -2.11. The van der Waals surface area contributed by atoms with Crippen LogP contribution in [0.3, 0.4) is 0 Å². The zero-order valence-electron chi connectivity index (χ0n) is 13.7. The van der Waals surface area contributed by atoms with Gasteiger partial charge in [0.1, 0.15) is 0 Å². The van der Waals surface area contributed by atoms with Gasteiger partial charge in [-0.15, -0.1) is 6.42 Å². The first-order valence-corrected chi connectivity index (χ1v) is 8.53. The summed E-state index contributed by atoms with van der Waals surface area (Å²) in [7, 11) is 0. The molecule has 0 bridgehead atoms. The third kappa shape index (κ3) is 2.63. The molecule has 2 nitrogen and oxygen atoms in total. The Morgan fingerprint density at radius 2 is 1.88 bits per heavy atom. The number of benzene rings is 2. The zero-order chi connectivity index (χ0) is 16.4. The summed E-state index contributed by atoms with van der Waals surface area (Å²) < 4.78 is 2.36. The Hall–Kier alpha value is -2.79. The molecule has 24 heavy (non-hydrogen) atoms. The Bertz CT molecular complexity index is 881. The second kappa shape index (κ2) is 6.37. The lowest BCUT2D eigenvalue weighted by atomic mass is 9.92. The van der Waals surface area contributed by atoms with Gasteiger partial charge >= 0.3 is 0 Å². The Morgan fingerprint density at radius 1 is 1.04 bits per heavy atom. The van der Waals surface area contributed by atoms with Gasteiger partial charge < -0.3 is 4.57 Å². The van der Waals surface area contributed by atoms with E-state index in [4.69, 9.17) is 6.42 Å². The zero-order valence-corrected chi connectivity index (χ0v) is 13.7. The monoisotopic (exact) mass is 312 g/mol. The van der Waals surface area contributed by atoms with E-state index in [0.29, 0.717) is 6.04 Å². The summed E-state index contributed by atoms with van der Waals surface area (Å²) in [5.74, 6) is 2.69. The summed E-state index contributed by atoms with van der Waals surface area (Å²) >= 11 is 0. The van der Waals surface area contributed by atoms with E-state index >= 15 is 0 Å². The van der Waals surface area contributed by atoms with Gasteiger partial charge in [-0.05, 0) is 48.1 Å².